The van der Waals surface area contributed by atoms with E-state index in [2.05, 4.69) is 61.0 Å². The molecule has 4 aromatic heterocycles. The van der Waals surface area contributed by atoms with Gasteiger partial charge in [0.05, 0.1) is 40.6 Å². The first-order chi connectivity index (χ1) is 32.4. The number of hydrogen-bond acceptors (Lipinski definition) is 19. The van der Waals surface area contributed by atoms with Crippen LogP contribution in [0.2, 0.25) is 0 Å². The average Bonchev–Trinajstić information content (AvgIpc) is 4.03. The van der Waals surface area contributed by atoms with Crippen molar-refractivity contribution in [3.63, 3.8) is 0 Å². The minimum Gasteiger partial charge on any atom is -0.444 e. The van der Waals surface area contributed by atoms with Gasteiger partial charge >= 0.3 is 17.9 Å². The number of nitro groups is 1. The normalized spacial score (nSPS) is 17.0. The van der Waals surface area contributed by atoms with Crippen LogP contribution in [0.15, 0.2) is 49.1 Å². The average molecular weight is 939 g/mol. The number of amides is 2. The number of aromatic nitrogens is 6. The van der Waals surface area contributed by atoms with Gasteiger partial charge in [0, 0.05) is 64.4 Å². The van der Waals surface area contributed by atoms with Crippen LogP contribution >= 0.6 is 0 Å². The van der Waals surface area contributed by atoms with Crippen molar-refractivity contribution in [3.05, 3.63) is 59.2 Å². The highest BCUT2D eigenvalue weighted by Crippen LogP contribution is 2.30. The third-order valence-electron chi connectivity index (χ3n) is 11.7. The molecule has 0 radical (unpaired) electrons. The predicted molar refractivity (Wildman–Crippen MR) is 262 cm³/mol. The molecular weight excluding hydrogens is 873 g/mol. The summed E-state index contributed by atoms with van der Waals surface area (Å²) in [6.45, 7) is 16.4. The van der Waals surface area contributed by atoms with Crippen molar-refractivity contribution in [2.75, 3.05) is 89.2 Å². The Morgan fingerprint density at radius 1 is 0.618 bits per heavy atom. The van der Waals surface area contributed by atoms with Crippen molar-refractivity contribution < 1.29 is 24.0 Å². The number of piperazine rings is 2. The van der Waals surface area contributed by atoms with Crippen LogP contribution in [0, 0.1) is 10.1 Å². The third kappa shape index (κ3) is 14.0. The molecule has 2 amide bonds. The fraction of sp³-hybridized carbons (Fsp3) is 0.565. The highest BCUT2D eigenvalue weighted by atomic mass is 16.6. The fourth-order valence-electron chi connectivity index (χ4n) is 8.24. The molecular formula is C46H66N16O6. The van der Waals surface area contributed by atoms with Crippen molar-refractivity contribution >= 4 is 70.1 Å². The first-order valence-corrected chi connectivity index (χ1v) is 23.5. The van der Waals surface area contributed by atoms with Crippen LogP contribution in [0.5, 0.6) is 0 Å². The molecule has 0 spiro atoms. The number of anilines is 9. The van der Waals surface area contributed by atoms with Crippen molar-refractivity contribution in [3.8, 4) is 0 Å². The topological polar surface area (TPSA) is 260 Å². The molecule has 4 aromatic rings. The van der Waals surface area contributed by atoms with Crippen LogP contribution in [0.1, 0.15) is 92.9 Å². The van der Waals surface area contributed by atoms with E-state index in [9.17, 15) is 19.7 Å². The van der Waals surface area contributed by atoms with E-state index in [0.29, 0.717) is 74.4 Å². The number of carbonyl (C=O) groups is 2. The molecule has 8 rings (SSSR count). The maximum atomic E-state index is 12.3. The van der Waals surface area contributed by atoms with Gasteiger partial charge in [0.2, 0.25) is 17.7 Å². The molecule has 366 valence electrons. The highest BCUT2D eigenvalue weighted by Gasteiger charge is 2.28. The third-order valence-corrected chi connectivity index (χ3v) is 11.7. The fourth-order valence-corrected chi connectivity index (χ4v) is 8.24. The van der Waals surface area contributed by atoms with E-state index in [1.165, 1.54) is 19.0 Å². The molecule has 2 saturated carbocycles. The van der Waals surface area contributed by atoms with Crippen molar-refractivity contribution in [2.24, 2.45) is 0 Å². The molecule has 2 aliphatic carbocycles. The van der Waals surface area contributed by atoms with Crippen LogP contribution in [0.25, 0.3) is 0 Å². The Morgan fingerprint density at radius 3 is 1.43 bits per heavy atom. The second-order valence-electron chi connectivity index (χ2n) is 19.4. The molecule has 2 aliphatic heterocycles. The molecule has 2 saturated heterocycles. The van der Waals surface area contributed by atoms with E-state index in [1.807, 2.05) is 72.0 Å². The number of carbonyl (C=O) groups excluding carboxylic acids is 2. The van der Waals surface area contributed by atoms with E-state index < -0.39 is 16.1 Å². The zero-order chi connectivity index (χ0) is 48.4. The van der Waals surface area contributed by atoms with E-state index in [1.54, 1.807) is 22.2 Å². The van der Waals surface area contributed by atoms with Gasteiger partial charge in [-0.2, -0.15) is 9.97 Å². The van der Waals surface area contributed by atoms with Crippen molar-refractivity contribution in [1.82, 2.24) is 39.7 Å². The lowest BCUT2D eigenvalue weighted by molar-refractivity contribution is -0.384. The van der Waals surface area contributed by atoms with Gasteiger partial charge in [-0.15, -0.1) is 0 Å². The molecule has 0 atom stereocenters. The van der Waals surface area contributed by atoms with Gasteiger partial charge in [0.15, 0.2) is 5.82 Å². The van der Waals surface area contributed by atoms with Gasteiger partial charge < -0.3 is 56.1 Å². The van der Waals surface area contributed by atoms with Crippen LogP contribution < -0.4 is 36.8 Å². The number of nitrogen functional groups attached to an aromatic ring is 1. The smallest absolute Gasteiger partial charge is 0.410 e. The lowest BCUT2D eigenvalue weighted by atomic mass is 10.2. The van der Waals surface area contributed by atoms with Crippen LogP contribution in [0.4, 0.5) is 67.5 Å². The van der Waals surface area contributed by atoms with E-state index in [4.69, 9.17) is 15.2 Å². The lowest BCUT2D eigenvalue weighted by Gasteiger charge is -2.36. The monoisotopic (exact) mass is 939 g/mol. The summed E-state index contributed by atoms with van der Waals surface area (Å²) in [5.74, 6) is 2.76. The largest absolute Gasteiger partial charge is 0.444 e. The highest BCUT2D eigenvalue weighted by molar-refractivity contribution is 5.70. The molecule has 22 heteroatoms. The first-order valence-electron chi connectivity index (χ1n) is 23.5. The number of rotatable bonds is 11. The number of hydrogen-bond donors (Lipinski definition) is 5. The van der Waals surface area contributed by atoms with Gasteiger partial charge in [-0.05, 0) is 91.5 Å². The van der Waals surface area contributed by atoms with E-state index >= 15 is 0 Å². The van der Waals surface area contributed by atoms with Gasteiger partial charge in [-0.1, -0.05) is 25.7 Å². The lowest BCUT2D eigenvalue weighted by Crippen LogP contribution is -2.50. The Labute approximate surface area is 397 Å². The molecule has 0 unspecified atom stereocenters. The Hall–Kier alpha value is -7.00. The molecule has 68 heavy (non-hydrogen) atoms. The maximum Gasteiger partial charge on any atom is 0.410 e. The van der Waals surface area contributed by atoms with Gasteiger partial charge in [-0.25, -0.2) is 29.5 Å². The number of ether oxygens (including phenoxy) is 2. The van der Waals surface area contributed by atoms with Gasteiger partial charge in [0.1, 0.15) is 29.0 Å². The van der Waals surface area contributed by atoms with Gasteiger partial charge in [0.25, 0.3) is 0 Å². The summed E-state index contributed by atoms with van der Waals surface area (Å²) < 4.78 is 10.9. The standard InChI is InChI=1S/C23H32N8O4.C23H34N8O2/c1-23(2,3)35-22(32)30-12-10-29(11-13-30)17-8-9-19(24-14-17)27-21-25-15-18(31(33)34)20(28-21)26-16-6-4-5-7-16;1-23(2,3)33-22(32)31-12-10-30(11-13-31)17-8-9-19(25-14-17)28-21-26-15-18(24)20(29-21)27-16-6-4-5-7-16/h8-9,14-16H,4-7,10-13H2,1-3H3,(H2,24,25,26,27,28);8-9,14-16H,4-7,10-13,24H2,1-3H3,(H2,25,26,27,28,29). The van der Waals surface area contributed by atoms with Crippen LogP contribution in [-0.4, -0.2) is 132 Å². The summed E-state index contributed by atoms with van der Waals surface area (Å²) in [6.07, 6.45) is 14.7. The second-order valence-corrected chi connectivity index (χ2v) is 19.4. The molecule has 4 aliphatic rings. The van der Waals surface area contributed by atoms with Gasteiger partial charge in [-0.3, -0.25) is 10.1 Å². The van der Waals surface area contributed by atoms with Crippen LogP contribution in [0.3, 0.4) is 0 Å². The summed E-state index contributed by atoms with van der Waals surface area (Å²) in [7, 11) is 0. The molecule has 22 nitrogen and oxygen atoms in total. The Balaban J connectivity index is 0.000000202. The predicted octanol–water partition coefficient (Wildman–Crippen LogP) is 7.54. The van der Waals surface area contributed by atoms with Crippen LogP contribution in [-0.2, 0) is 9.47 Å². The maximum absolute atomic E-state index is 12.3. The number of nitrogens with two attached hydrogens (primary N) is 1. The molecule has 4 fully saturated rings. The zero-order valence-corrected chi connectivity index (χ0v) is 40.0. The van der Waals surface area contributed by atoms with Crippen molar-refractivity contribution in [2.45, 2.75) is 116 Å². The number of pyridine rings is 2. The zero-order valence-electron chi connectivity index (χ0n) is 40.0. The summed E-state index contributed by atoms with van der Waals surface area (Å²) in [6, 6.07) is 8.26. The summed E-state index contributed by atoms with van der Waals surface area (Å²) in [5.41, 5.74) is 7.40. The Bertz CT molecular complexity index is 2310. The Kier molecular flexibility index (Phi) is 15.6. The Morgan fingerprint density at radius 2 is 1.03 bits per heavy atom. The first kappa shape index (κ1) is 48.9. The van der Waals surface area contributed by atoms with E-state index in [0.717, 1.165) is 63.0 Å². The molecule has 0 aromatic carbocycles. The van der Waals surface area contributed by atoms with E-state index in [-0.39, 0.29) is 35.7 Å². The minimum absolute atomic E-state index is 0.142. The van der Waals surface area contributed by atoms with Crippen molar-refractivity contribution in [1.29, 1.82) is 0 Å². The number of nitrogens with one attached hydrogen (secondary N) is 4. The summed E-state index contributed by atoms with van der Waals surface area (Å²) >= 11 is 0. The quantitative estimate of drug-likeness (QED) is 0.0718. The molecule has 6 heterocycles. The summed E-state index contributed by atoms with van der Waals surface area (Å²) in [4.78, 5) is 69.5. The molecule has 0 bridgehead atoms. The second kappa shape index (κ2) is 21.7. The summed E-state index contributed by atoms with van der Waals surface area (Å²) in [5, 5.41) is 24.2. The number of nitrogens with zero attached hydrogens (tertiary/aromatic N) is 11. The minimum atomic E-state index is -0.512. The molecule has 6 N–H and O–H groups in total. The SMILES string of the molecule is CC(C)(C)OC(=O)N1CCN(c2ccc(Nc3ncc(N)c(NC4CCCC4)n3)nc2)CC1.CC(C)(C)OC(=O)N1CCN(c2ccc(Nc3ncc([N+](=O)[O-])c(NC4CCCC4)n3)nc2)CC1.